The van der Waals surface area contributed by atoms with Crippen molar-refractivity contribution >= 4 is 0 Å². The van der Waals surface area contributed by atoms with Gasteiger partial charge in [0.25, 0.3) is 0 Å². The zero-order chi connectivity index (χ0) is 11.5. The van der Waals surface area contributed by atoms with Crippen LogP contribution >= 0.6 is 0 Å². The number of hydrogen-bond donors (Lipinski definition) is 2. The number of nitrogens with one attached hydrogen (secondary N) is 1. The molecule has 3 heteroatoms. The van der Waals surface area contributed by atoms with E-state index in [-0.39, 0.29) is 6.04 Å². The van der Waals surface area contributed by atoms with Gasteiger partial charge in [0.15, 0.2) is 0 Å². The minimum Gasteiger partial charge on any atom is -0.322 e. The molecule has 0 saturated heterocycles. The fourth-order valence-corrected chi connectivity index (χ4v) is 2.49. The monoisotopic (exact) mass is 221 g/mol. The summed E-state index contributed by atoms with van der Waals surface area (Å²) in [5, 5.41) is 7.54. The zero-order valence-corrected chi connectivity index (χ0v) is 10.4. The maximum atomic E-state index is 6.10. The lowest BCUT2D eigenvalue weighted by atomic mass is 9.86. The van der Waals surface area contributed by atoms with Gasteiger partial charge >= 0.3 is 0 Å². The fraction of sp³-hybridized carbons (Fsp3) is 0.769. The largest absolute Gasteiger partial charge is 0.322 e. The molecule has 0 aromatic carbocycles. The van der Waals surface area contributed by atoms with E-state index in [0.717, 1.165) is 5.69 Å². The van der Waals surface area contributed by atoms with Crippen molar-refractivity contribution in [2.75, 3.05) is 0 Å². The summed E-state index contributed by atoms with van der Waals surface area (Å²) >= 11 is 0. The van der Waals surface area contributed by atoms with Gasteiger partial charge in [-0.25, -0.2) is 0 Å². The topological polar surface area (TPSA) is 54.7 Å². The van der Waals surface area contributed by atoms with Crippen LogP contribution in [0.3, 0.4) is 0 Å². The van der Waals surface area contributed by atoms with Crippen molar-refractivity contribution in [2.24, 2.45) is 11.7 Å². The Kier molecular flexibility index (Phi) is 3.64. The van der Waals surface area contributed by atoms with Crippen molar-refractivity contribution in [3.63, 3.8) is 0 Å². The highest BCUT2D eigenvalue weighted by Gasteiger charge is 2.20. The number of nitrogens with zero attached hydrogens (tertiary/aromatic N) is 1. The summed E-state index contributed by atoms with van der Waals surface area (Å²) in [6.45, 7) is 4.28. The van der Waals surface area contributed by atoms with Crippen LogP contribution in [0.25, 0.3) is 0 Å². The molecule has 90 valence electrons. The van der Waals surface area contributed by atoms with Crippen LogP contribution in [0.15, 0.2) is 6.07 Å². The highest BCUT2D eigenvalue weighted by atomic mass is 15.1. The molecule has 1 saturated carbocycles. The molecule has 0 amide bonds. The van der Waals surface area contributed by atoms with E-state index >= 15 is 0 Å². The van der Waals surface area contributed by atoms with E-state index in [4.69, 9.17) is 5.73 Å². The molecular weight excluding hydrogens is 198 g/mol. The van der Waals surface area contributed by atoms with Crippen molar-refractivity contribution < 1.29 is 0 Å². The standard InChI is InChI=1S/C13H23N3/c1-9(2)13(14)12-8-11(15-16-12)10-6-4-3-5-7-10/h8-10,13H,3-7,14H2,1-2H3,(H,15,16). The lowest BCUT2D eigenvalue weighted by Gasteiger charge is -2.19. The van der Waals surface area contributed by atoms with Crippen LogP contribution in [0.1, 0.15) is 69.3 Å². The predicted molar refractivity (Wildman–Crippen MR) is 66.2 cm³/mol. The second-order valence-corrected chi connectivity index (χ2v) is 5.35. The third-order valence-corrected chi connectivity index (χ3v) is 3.72. The van der Waals surface area contributed by atoms with Crippen molar-refractivity contribution in [1.29, 1.82) is 0 Å². The Morgan fingerprint density at radius 1 is 1.31 bits per heavy atom. The van der Waals surface area contributed by atoms with Gasteiger partial charge in [-0.1, -0.05) is 33.1 Å². The molecule has 0 spiro atoms. The molecule has 3 N–H and O–H groups in total. The van der Waals surface area contributed by atoms with E-state index in [1.807, 2.05) is 0 Å². The summed E-state index contributed by atoms with van der Waals surface area (Å²) in [4.78, 5) is 0. The van der Waals surface area contributed by atoms with Gasteiger partial charge in [-0.2, -0.15) is 5.10 Å². The summed E-state index contributed by atoms with van der Waals surface area (Å²) in [5.74, 6) is 1.14. The van der Waals surface area contributed by atoms with Crippen LogP contribution in [-0.4, -0.2) is 10.2 Å². The van der Waals surface area contributed by atoms with Crippen molar-refractivity contribution in [1.82, 2.24) is 10.2 Å². The Morgan fingerprint density at radius 3 is 2.62 bits per heavy atom. The first-order valence-electron chi connectivity index (χ1n) is 6.49. The molecule has 1 aromatic heterocycles. The van der Waals surface area contributed by atoms with E-state index in [2.05, 4.69) is 30.1 Å². The van der Waals surface area contributed by atoms with Crippen LogP contribution in [0.4, 0.5) is 0 Å². The lowest BCUT2D eigenvalue weighted by molar-refractivity contribution is 0.436. The Balaban J connectivity index is 2.06. The molecule has 2 rings (SSSR count). The fourth-order valence-electron chi connectivity index (χ4n) is 2.49. The molecule has 0 bridgehead atoms. The minimum absolute atomic E-state index is 0.0635. The van der Waals surface area contributed by atoms with Crippen LogP contribution in [-0.2, 0) is 0 Å². The van der Waals surface area contributed by atoms with Crippen LogP contribution in [0, 0.1) is 5.92 Å². The second-order valence-electron chi connectivity index (χ2n) is 5.35. The summed E-state index contributed by atoms with van der Waals surface area (Å²) in [5.41, 5.74) is 8.42. The molecule has 16 heavy (non-hydrogen) atoms. The van der Waals surface area contributed by atoms with Gasteiger partial charge in [-0.3, -0.25) is 5.10 Å². The number of H-pyrrole nitrogens is 1. The molecule has 1 aliphatic carbocycles. The summed E-state index contributed by atoms with van der Waals surface area (Å²) in [7, 11) is 0. The third-order valence-electron chi connectivity index (χ3n) is 3.72. The zero-order valence-electron chi connectivity index (χ0n) is 10.4. The van der Waals surface area contributed by atoms with E-state index in [1.54, 1.807) is 0 Å². The average molecular weight is 221 g/mol. The number of rotatable bonds is 3. The molecule has 1 heterocycles. The molecule has 1 atom stereocenters. The summed E-state index contributed by atoms with van der Waals surface area (Å²) in [6, 6.07) is 2.24. The van der Waals surface area contributed by atoms with Gasteiger partial charge in [-0.05, 0) is 24.8 Å². The minimum atomic E-state index is 0.0635. The van der Waals surface area contributed by atoms with Crippen molar-refractivity contribution in [3.05, 3.63) is 17.5 Å². The lowest BCUT2D eigenvalue weighted by Crippen LogP contribution is -2.16. The van der Waals surface area contributed by atoms with Crippen LogP contribution in [0.2, 0.25) is 0 Å². The molecule has 1 aromatic rings. The predicted octanol–water partition coefficient (Wildman–Crippen LogP) is 3.11. The summed E-state index contributed by atoms with van der Waals surface area (Å²) in [6.07, 6.45) is 6.71. The second kappa shape index (κ2) is 5.00. The Hall–Kier alpha value is -0.830. The smallest absolute Gasteiger partial charge is 0.0794 e. The van der Waals surface area contributed by atoms with Crippen LogP contribution < -0.4 is 5.73 Å². The van der Waals surface area contributed by atoms with E-state index in [1.165, 1.54) is 37.8 Å². The van der Waals surface area contributed by atoms with Crippen LogP contribution in [0.5, 0.6) is 0 Å². The van der Waals surface area contributed by atoms with Gasteiger partial charge in [0.1, 0.15) is 0 Å². The SMILES string of the molecule is CC(C)C(N)c1cc(C2CCCCC2)[nH]n1. The van der Waals surface area contributed by atoms with E-state index in [9.17, 15) is 0 Å². The maximum Gasteiger partial charge on any atom is 0.0794 e. The molecule has 1 fully saturated rings. The maximum absolute atomic E-state index is 6.10. The Bertz CT molecular complexity index is 324. The molecular formula is C13H23N3. The number of nitrogens with two attached hydrogens (primary N) is 1. The third kappa shape index (κ3) is 2.46. The number of aromatic amines is 1. The van der Waals surface area contributed by atoms with Crippen molar-refractivity contribution in [2.45, 2.75) is 57.9 Å². The molecule has 0 radical (unpaired) electrons. The molecule has 0 aliphatic heterocycles. The van der Waals surface area contributed by atoms with Gasteiger partial charge in [0.2, 0.25) is 0 Å². The summed E-state index contributed by atoms with van der Waals surface area (Å²) < 4.78 is 0. The normalized spacial score (nSPS) is 20.2. The Morgan fingerprint density at radius 2 is 2.00 bits per heavy atom. The average Bonchev–Trinajstić information content (AvgIpc) is 2.78. The van der Waals surface area contributed by atoms with Gasteiger partial charge in [0, 0.05) is 11.6 Å². The number of hydrogen-bond acceptors (Lipinski definition) is 2. The molecule has 1 aliphatic rings. The first-order chi connectivity index (χ1) is 7.68. The quantitative estimate of drug-likeness (QED) is 0.824. The van der Waals surface area contributed by atoms with Gasteiger partial charge in [0.05, 0.1) is 11.7 Å². The Labute approximate surface area is 97.8 Å². The molecule has 3 nitrogen and oxygen atoms in total. The first-order valence-corrected chi connectivity index (χ1v) is 6.49. The van der Waals surface area contributed by atoms with E-state index in [0.29, 0.717) is 11.8 Å². The molecule has 1 unspecified atom stereocenters. The van der Waals surface area contributed by atoms with Gasteiger partial charge in [-0.15, -0.1) is 0 Å². The highest BCUT2D eigenvalue weighted by molar-refractivity contribution is 5.16. The highest BCUT2D eigenvalue weighted by Crippen LogP contribution is 2.32. The first kappa shape index (κ1) is 11.6. The van der Waals surface area contributed by atoms with Crippen molar-refractivity contribution in [3.8, 4) is 0 Å². The van der Waals surface area contributed by atoms with Gasteiger partial charge < -0.3 is 5.73 Å². The van der Waals surface area contributed by atoms with E-state index < -0.39 is 0 Å². The number of aromatic nitrogens is 2.